The quantitative estimate of drug-likeness (QED) is 0.529. The molecule has 4 aromatic rings. The van der Waals surface area contributed by atoms with Crippen LogP contribution in [0.5, 0.6) is 0 Å². The number of fused-ring (bicyclic) bond motifs is 1. The maximum atomic E-state index is 13.4. The van der Waals surface area contributed by atoms with Crippen molar-refractivity contribution >= 4 is 0 Å². The highest BCUT2D eigenvalue weighted by atomic mass is 19.1. The van der Waals surface area contributed by atoms with Gasteiger partial charge in [-0.05, 0) is 30.2 Å². The highest BCUT2D eigenvalue weighted by Crippen LogP contribution is 2.30. The Bertz CT molecular complexity index is 1150. The van der Waals surface area contributed by atoms with Crippen LogP contribution in [0.1, 0.15) is 34.4 Å². The summed E-state index contributed by atoms with van der Waals surface area (Å²) in [5, 5.41) is 12.5. The highest BCUT2D eigenvalue weighted by Gasteiger charge is 2.27. The first-order valence-corrected chi connectivity index (χ1v) is 9.33. The van der Waals surface area contributed by atoms with Gasteiger partial charge >= 0.3 is 0 Å². The predicted molar refractivity (Wildman–Crippen MR) is 101 cm³/mol. The fraction of sp³-hybridized carbons (Fsp3) is 0.238. The minimum absolute atomic E-state index is 0.0774. The molecule has 0 radical (unpaired) electrons. The summed E-state index contributed by atoms with van der Waals surface area (Å²) in [6.45, 7) is 2.98. The first-order valence-electron chi connectivity index (χ1n) is 9.33. The largest absolute Gasteiger partial charge is 0.365 e. The normalized spacial score (nSPS) is 16.0. The Kier molecular flexibility index (Phi) is 4.40. The van der Waals surface area contributed by atoms with E-state index in [1.165, 1.54) is 17.7 Å². The summed E-state index contributed by atoms with van der Waals surface area (Å²) in [7, 11) is 0. The Morgan fingerprint density at radius 2 is 2.03 bits per heavy atom. The van der Waals surface area contributed by atoms with Gasteiger partial charge in [-0.3, -0.25) is 0 Å². The summed E-state index contributed by atoms with van der Waals surface area (Å²) in [5.41, 5.74) is 4.43. The lowest BCUT2D eigenvalue weighted by atomic mass is 10.1. The van der Waals surface area contributed by atoms with Gasteiger partial charge in [-0.2, -0.15) is 4.98 Å². The van der Waals surface area contributed by atoms with Crippen molar-refractivity contribution < 1.29 is 13.7 Å². The van der Waals surface area contributed by atoms with Crippen molar-refractivity contribution in [3.8, 4) is 11.5 Å². The standard InChI is InChI=1S/C21H18FN5O2/c1-13-5-7-15(8-6-13)18-11-27-17(12-28-18)20(24-26-27)21-23-19(29-25-21)10-14-3-2-4-16(22)9-14/h2-9,18H,10-12H2,1H3/t18-/m1/s1. The first-order chi connectivity index (χ1) is 14.2. The van der Waals surface area contributed by atoms with E-state index in [9.17, 15) is 4.39 Å². The van der Waals surface area contributed by atoms with Gasteiger partial charge in [0.15, 0.2) is 5.69 Å². The number of aromatic nitrogens is 5. The van der Waals surface area contributed by atoms with Crippen LogP contribution >= 0.6 is 0 Å². The van der Waals surface area contributed by atoms with Gasteiger partial charge in [0.05, 0.1) is 25.3 Å². The number of benzene rings is 2. The summed E-state index contributed by atoms with van der Waals surface area (Å²) in [6, 6.07) is 14.6. The third kappa shape index (κ3) is 3.54. The van der Waals surface area contributed by atoms with Gasteiger partial charge in [0.1, 0.15) is 11.9 Å². The van der Waals surface area contributed by atoms with E-state index in [2.05, 4.69) is 51.6 Å². The number of hydrogen-bond acceptors (Lipinski definition) is 6. The molecule has 0 saturated heterocycles. The van der Waals surface area contributed by atoms with Crippen molar-refractivity contribution in [2.75, 3.05) is 0 Å². The maximum absolute atomic E-state index is 13.4. The lowest BCUT2D eigenvalue weighted by Crippen LogP contribution is -2.22. The predicted octanol–water partition coefficient (Wildman–Crippen LogP) is 3.64. The van der Waals surface area contributed by atoms with Gasteiger partial charge in [0, 0.05) is 0 Å². The minimum atomic E-state index is -0.296. The van der Waals surface area contributed by atoms with Gasteiger partial charge in [-0.1, -0.05) is 52.3 Å². The van der Waals surface area contributed by atoms with Crippen LogP contribution in [0, 0.1) is 12.7 Å². The lowest BCUT2D eigenvalue weighted by Gasteiger charge is -2.24. The zero-order chi connectivity index (χ0) is 19.8. The van der Waals surface area contributed by atoms with Crippen molar-refractivity contribution in [1.29, 1.82) is 0 Å². The molecule has 0 N–H and O–H groups in total. The van der Waals surface area contributed by atoms with Crippen LogP contribution in [0.3, 0.4) is 0 Å². The minimum Gasteiger partial charge on any atom is -0.365 e. The molecule has 0 aliphatic carbocycles. The second kappa shape index (κ2) is 7.21. The number of nitrogens with zero attached hydrogens (tertiary/aromatic N) is 5. The molecule has 2 aromatic carbocycles. The summed E-state index contributed by atoms with van der Waals surface area (Å²) >= 11 is 0. The van der Waals surface area contributed by atoms with Gasteiger partial charge in [-0.15, -0.1) is 5.10 Å². The number of ether oxygens (including phenoxy) is 1. The Balaban J connectivity index is 1.35. The van der Waals surface area contributed by atoms with Crippen molar-refractivity contribution in [3.05, 3.63) is 82.6 Å². The fourth-order valence-corrected chi connectivity index (χ4v) is 3.41. The maximum Gasteiger partial charge on any atom is 0.231 e. The summed E-state index contributed by atoms with van der Waals surface area (Å²) in [4.78, 5) is 4.40. The average molecular weight is 391 g/mol. The van der Waals surface area contributed by atoms with Crippen LogP contribution in [-0.2, 0) is 24.3 Å². The fourth-order valence-electron chi connectivity index (χ4n) is 3.41. The molecular formula is C21H18FN5O2. The number of hydrogen-bond donors (Lipinski definition) is 0. The molecule has 0 spiro atoms. The summed E-state index contributed by atoms with van der Waals surface area (Å²) < 4.78 is 26.5. The van der Waals surface area contributed by atoms with E-state index >= 15 is 0 Å². The SMILES string of the molecule is Cc1ccc([C@H]2Cn3nnc(-c4noc(Cc5cccc(F)c5)n4)c3CO2)cc1. The molecule has 29 heavy (non-hydrogen) atoms. The smallest absolute Gasteiger partial charge is 0.231 e. The molecule has 1 aliphatic rings. The van der Waals surface area contributed by atoms with E-state index < -0.39 is 0 Å². The van der Waals surface area contributed by atoms with E-state index in [4.69, 9.17) is 9.26 Å². The van der Waals surface area contributed by atoms with Crippen molar-refractivity contribution in [1.82, 2.24) is 25.1 Å². The molecule has 146 valence electrons. The van der Waals surface area contributed by atoms with E-state index in [1.54, 1.807) is 6.07 Å². The van der Waals surface area contributed by atoms with Crippen LogP contribution in [0.15, 0.2) is 53.1 Å². The molecule has 8 heteroatoms. The van der Waals surface area contributed by atoms with E-state index in [0.29, 0.717) is 37.0 Å². The Morgan fingerprint density at radius 3 is 2.86 bits per heavy atom. The molecule has 7 nitrogen and oxygen atoms in total. The summed E-state index contributed by atoms with van der Waals surface area (Å²) in [5.74, 6) is 0.450. The molecule has 0 saturated carbocycles. The topological polar surface area (TPSA) is 78.9 Å². The van der Waals surface area contributed by atoms with Crippen molar-refractivity contribution in [3.63, 3.8) is 0 Å². The summed E-state index contributed by atoms with van der Waals surface area (Å²) in [6.07, 6.45) is 0.270. The van der Waals surface area contributed by atoms with Gasteiger partial charge in [0.25, 0.3) is 0 Å². The van der Waals surface area contributed by atoms with E-state index in [-0.39, 0.29) is 11.9 Å². The molecule has 0 fully saturated rings. The Labute approximate surface area is 166 Å². The first kappa shape index (κ1) is 17.7. The lowest BCUT2D eigenvalue weighted by molar-refractivity contribution is -0.00112. The molecule has 0 unspecified atom stereocenters. The van der Waals surface area contributed by atoms with E-state index in [0.717, 1.165) is 16.8 Å². The number of rotatable bonds is 4. The Morgan fingerprint density at radius 1 is 1.17 bits per heavy atom. The third-order valence-corrected chi connectivity index (χ3v) is 4.97. The van der Waals surface area contributed by atoms with Crippen LogP contribution in [0.4, 0.5) is 4.39 Å². The highest BCUT2D eigenvalue weighted by molar-refractivity contribution is 5.51. The molecule has 0 bridgehead atoms. The van der Waals surface area contributed by atoms with Crippen LogP contribution in [0.25, 0.3) is 11.5 Å². The molecule has 3 heterocycles. The van der Waals surface area contributed by atoms with Crippen molar-refractivity contribution in [2.24, 2.45) is 0 Å². The molecule has 0 amide bonds. The number of aryl methyl sites for hydroxylation is 1. The molecule has 2 aromatic heterocycles. The monoisotopic (exact) mass is 391 g/mol. The zero-order valence-electron chi connectivity index (χ0n) is 15.7. The second-order valence-electron chi connectivity index (χ2n) is 7.10. The van der Waals surface area contributed by atoms with Crippen molar-refractivity contribution in [2.45, 2.75) is 32.6 Å². The average Bonchev–Trinajstić information content (AvgIpc) is 3.34. The molecular weight excluding hydrogens is 373 g/mol. The molecule has 1 atom stereocenters. The molecule has 1 aliphatic heterocycles. The van der Waals surface area contributed by atoms with E-state index in [1.807, 2.05) is 10.7 Å². The van der Waals surface area contributed by atoms with Crippen LogP contribution < -0.4 is 0 Å². The van der Waals surface area contributed by atoms with Gasteiger partial charge in [-0.25, -0.2) is 9.07 Å². The van der Waals surface area contributed by atoms with Gasteiger partial charge in [0.2, 0.25) is 11.7 Å². The molecule has 5 rings (SSSR count). The van der Waals surface area contributed by atoms with Crippen LogP contribution in [-0.4, -0.2) is 25.1 Å². The number of halogens is 1. The zero-order valence-corrected chi connectivity index (χ0v) is 15.7. The third-order valence-electron chi connectivity index (χ3n) is 4.97. The Hall–Kier alpha value is -3.39. The van der Waals surface area contributed by atoms with Gasteiger partial charge < -0.3 is 9.26 Å². The second-order valence-corrected chi connectivity index (χ2v) is 7.10. The van der Waals surface area contributed by atoms with Crippen LogP contribution in [0.2, 0.25) is 0 Å².